The van der Waals surface area contributed by atoms with E-state index >= 15 is 0 Å². The molecule has 0 aliphatic heterocycles. The Balaban J connectivity index is 2.13. The van der Waals surface area contributed by atoms with Crippen molar-refractivity contribution >= 4 is 5.78 Å². The number of aliphatic hydroxyl groups is 1. The molecule has 17 heavy (non-hydrogen) atoms. The molecule has 0 spiro atoms. The van der Waals surface area contributed by atoms with Crippen LogP contribution in [0.4, 0.5) is 0 Å². The van der Waals surface area contributed by atoms with Crippen LogP contribution in [0.25, 0.3) is 0 Å². The Kier molecular flexibility index (Phi) is 3.48. The highest BCUT2D eigenvalue weighted by Crippen LogP contribution is 2.36. The number of carbonyl (C=O) groups is 1. The van der Waals surface area contributed by atoms with E-state index in [-0.39, 0.29) is 5.78 Å². The summed E-state index contributed by atoms with van der Waals surface area (Å²) < 4.78 is 5.36. The summed E-state index contributed by atoms with van der Waals surface area (Å²) >= 11 is 0. The van der Waals surface area contributed by atoms with Crippen molar-refractivity contribution < 1.29 is 14.6 Å². The fourth-order valence-corrected chi connectivity index (χ4v) is 2.26. The van der Waals surface area contributed by atoms with Crippen LogP contribution in [0.1, 0.15) is 38.2 Å². The highest BCUT2D eigenvalue weighted by molar-refractivity contribution is 5.79. The van der Waals surface area contributed by atoms with Gasteiger partial charge in [-0.1, -0.05) is 12.1 Å². The van der Waals surface area contributed by atoms with Crippen LogP contribution in [0.5, 0.6) is 5.75 Å². The van der Waals surface area contributed by atoms with Gasteiger partial charge in [-0.05, 0) is 37.5 Å². The lowest BCUT2D eigenvalue weighted by Gasteiger charge is -2.32. The van der Waals surface area contributed by atoms with E-state index in [2.05, 4.69) is 0 Å². The number of ketones is 1. The molecule has 1 aliphatic carbocycles. The molecule has 3 nitrogen and oxygen atoms in total. The molecule has 3 heteroatoms. The van der Waals surface area contributed by atoms with Gasteiger partial charge in [-0.2, -0.15) is 0 Å². The summed E-state index contributed by atoms with van der Waals surface area (Å²) in [6.07, 6.45) is 2.01. The fraction of sp³-hybridized carbons (Fsp3) is 0.500. The Bertz CT molecular complexity index is 384. The van der Waals surface area contributed by atoms with Crippen molar-refractivity contribution in [1.29, 1.82) is 0 Å². The van der Waals surface area contributed by atoms with E-state index in [4.69, 9.17) is 4.74 Å². The molecule has 0 amide bonds. The van der Waals surface area contributed by atoms with Crippen molar-refractivity contribution in [1.82, 2.24) is 0 Å². The monoisotopic (exact) mass is 234 g/mol. The minimum absolute atomic E-state index is 0.251. The largest absolute Gasteiger partial charge is 0.494 e. The molecule has 0 heterocycles. The van der Waals surface area contributed by atoms with Crippen LogP contribution >= 0.6 is 0 Å². The van der Waals surface area contributed by atoms with Crippen molar-refractivity contribution in [2.75, 3.05) is 6.61 Å². The highest BCUT2D eigenvalue weighted by Gasteiger charge is 2.33. The molecule has 0 atom stereocenters. The van der Waals surface area contributed by atoms with E-state index in [0.717, 1.165) is 11.3 Å². The number of rotatable bonds is 3. The van der Waals surface area contributed by atoms with Gasteiger partial charge in [0.15, 0.2) is 0 Å². The summed E-state index contributed by atoms with van der Waals surface area (Å²) in [6.45, 7) is 2.58. The molecular weight excluding hydrogens is 216 g/mol. The van der Waals surface area contributed by atoms with E-state index in [0.29, 0.717) is 32.3 Å². The first-order valence-electron chi connectivity index (χ1n) is 6.11. The fourth-order valence-electron chi connectivity index (χ4n) is 2.26. The van der Waals surface area contributed by atoms with Crippen LogP contribution in [0.15, 0.2) is 24.3 Å². The molecule has 1 aliphatic rings. The van der Waals surface area contributed by atoms with Crippen LogP contribution in [0.2, 0.25) is 0 Å². The average molecular weight is 234 g/mol. The third-order valence-corrected chi connectivity index (χ3v) is 3.34. The number of hydrogen-bond acceptors (Lipinski definition) is 3. The quantitative estimate of drug-likeness (QED) is 0.873. The third-order valence-electron chi connectivity index (χ3n) is 3.34. The lowest BCUT2D eigenvalue weighted by atomic mass is 9.79. The predicted octanol–water partition coefficient (Wildman–Crippen LogP) is 2.42. The van der Waals surface area contributed by atoms with Crippen LogP contribution in [-0.2, 0) is 10.4 Å². The van der Waals surface area contributed by atoms with E-state index in [1.165, 1.54) is 0 Å². The summed E-state index contributed by atoms with van der Waals surface area (Å²) in [5.74, 6) is 1.06. The first-order valence-corrected chi connectivity index (χ1v) is 6.11. The van der Waals surface area contributed by atoms with Gasteiger partial charge < -0.3 is 9.84 Å². The van der Waals surface area contributed by atoms with Crippen molar-refractivity contribution in [3.63, 3.8) is 0 Å². The standard InChI is InChI=1S/C14H18O3/c1-2-17-13-5-3-11(4-6-13)14(16)9-7-12(15)8-10-14/h3-6,16H,2,7-10H2,1H3. The summed E-state index contributed by atoms with van der Waals surface area (Å²) in [5.41, 5.74) is 0.0482. The summed E-state index contributed by atoms with van der Waals surface area (Å²) in [6, 6.07) is 7.52. The first-order chi connectivity index (χ1) is 8.14. The maximum absolute atomic E-state index is 11.2. The van der Waals surface area contributed by atoms with Crippen molar-refractivity contribution in [2.24, 2.45) is 0 Å². The van der Waals surface area contributed by atoms with Gasteiger partial charge in [-0.15, -0.1) is 0 Å². The zero-order valence-corrected chi connectivity index (χ0v) is 10.1. The highest BCUT2D eigenvalue weighted by atomic mass is 16.5. The second-order valence-corrected chi connectivity index (χ2v) is 4.53. The lowest BCUT2D eigenvalue weighted by Crippen LogP contribution is -2.31. The normalized spacial score (nSPS) is 19.1. The van der Waals surface area contributed by atoms with Crippen LogP contribution in [0, 0.1) is 0 Å². The lowest BCUT2D eigenvalue weighted by molar-refractivity contribution is -0.125. The van der Waals surface area contributed by atoms with Gasteiger partial charge in [-0.25, -0.2) is 0 Å². The summed E-state index contributed by atoms with van der Waals surface area (Å²) in [7, 11) is 0. The molecule has 1 aromatic rings. The number of benzene rings is 1. The van der Waals surface area contributed by atoms with Crippen molar-refractivity contribution in [2.45, 2.75) is 38.2 Å². The summed E-state index contributed by atoms with van der Waals surface area (Å²) in [5, 5.41) is 10.5. The number of carbonyl (C=O) groups excluding carboxylic acids is 1. The Hall–Kier alpha value is -1.35. The smallest absolute Gasteiger partial charge is 0.133 e. The van der Waals surface area contributed by atoms with E-state index < -0.39 is 5.60 Å². The van der Waals surface area contributed by atoms with E-state index in [1.54, 1.807) is 0 Å². The predicted molar refractivity (Wildman–Crippen MR) is 65.0 cm³/mol. The Labute approximate surface area is 101 Å². The second-order valence-electron chi connectivity index (χ2n) is 4.53. The SMILES string of the molecule is CCOc1ccc(C2(O)CCC(=O)CC2)cc1. The molecule has 1 aromatic carbocycles. The molecule has 0 aromatic heterocycles. The molecule has 1 N–H and O–H groups in total. The molecule has 0 unspecified atom stereocenters. The van der Waals surface area contributed by atoms with Gasteiger partial charge in [0.2, 0.25) is 0 Å². The van der Waals surface area contributed by atoms with Gasteiger partial charge in [-0.3, -0.25) is 4.79 Å². The molecule has 0 saturated heterocycles. The third kappa shape index (κ3) is 2.67. The first kappa shape index (κ1) is 12.1. The number of ether oxygens (including phenoxy) is 1. The molecule has 2 rings (SSSR count). The van der Waals surface area contributed by atoms with Crippen LogP contribution in [0.3, 0.4) is 0 Å². The Morgan fingerprint density at radius 3 is 2.35 bits per heavy atom. The molecule has 0 bridgehead atoms. The minimum atomic E-state index is -0.835. The van der Waals surface area contributed by atoms with E-state index in [9.17, 15) is 9.90 Å². The molecular formula is C14H18O3. The molecule has 1 fully saturated rings. The summed E-state index contributed by atoms with van der Waals surface area (Å²) in [4.78, 5) is 11.2. The van der Waals surface area contributed by atoms with Crippen LogP contribution < -0.4 is 4.74 Å². The Morgan fingerprint density at radius 2 is 1.82 bits per heavy atom. The van der Waals surface area contributed by atoms with Gasteiger partial charge in [0.25, 0.3) is 0 Å². The zero-order chi connectivity index (χ0) is 12.3. The molecule has 92 valence electrons. The minimum Gasteiger partial charge on any atom is -0.494 e. The second kappa shape index (κ2) is 4.88. The van der Waals surface area contributed by atoms with Crippen molar-refractivity contribution in [3.05, 3.63) is 29.8 Å². The average Bonchev–Trinajstić information content (AvgIpc) is 2.35. The maximum Gasteiger partial charge on any atom is 0.133 e. The van der Waals surface area contributed by atoms with Crippen LogP contribution in [-0.4, -0.2) is 17.5 Å². The van der Waals surface area contributed by atoms with Gasteiger partial charge in [0.05, 0.1) is 12.2 Å². The Morgan fingerprint density at radius 1 is 1.24 bits per heavy atom. The van der Waals surface area contributed by atoms with Gasteiger partial charge in [0.1, 0.15) is 11.5 Å². The maximum atomic E-state index is 11.2. The van der Waals surface area contributed by atoms with E-state index in [1.807, 2.05) is 31.2 Å². The van der Waals surface area contributed by atoms with Crippen molar-refractivity contribution in [3.8, 4) is 5.75 Å². The number of hydrogen-bond donors (Lipinski definition) is 1. The van der Waals surface area contributed by atoms with Gasteiger partial charge in [0, 0.05) is 12.8 Å². The molecule has 0 radical (unpaired) electrons. The van der Waals surface area contributed by atoms with Gasteiger partial charge >= 0.3 is 0 Å². The molecule has 1 saturated carbocycles. The zero-order valence-electron chi connectivity index (χ0n) is 10.1. The number of Topliss-reactive ketones (excluding diaryl/α,β-unsaturated/α-hetero) is 1. The topological polar surface area (TPSA) is 46.5 Å².